The minimum atomic E-state index is -0.773. The van der Waals surface area contributed by atoms with Gasteiger partial charge in [0.05, 0.1) is 26.0 Å². The van der Waals surface area contributed by atoms with Gasteiger partial charge in [0.15, 0.2) is 5.69 Å². The first kappa shape index (κ1) is 27.6. The lowest BCUT2D eigenvalue weighted by Crippen LogP contribution is -2.43. The maximum Gasteiger partial charge on any atom is 0.330 e. The largest absolute Gasteiger partial charge is 0.494 e. The maximum atomic E-state index is 13.5. The summed E-state index contributed by atoms with van der Waals surface area (Å²) in [6.45, 7) is 2.20. The zero-order valence-electron chi connectivity index (χ0n) is 21.7. The Bertz CT molecular complexity index is 1570. The van der Waals surface area contributed by atoms with Crippen LogP contribution in [0.4, 0.5) is 11.5 Å². The molecular weight excluding hydrogens is 524 g/mol. The second-order valence-corrected chi connectivity index (χ2v) is 9.38. The predicted molar refractivity (Wildman–Crippen MR) is 147 cm³/mol. The van der Waals surface area contributed by atoms with Crippen LogP contribution in [0.2, 0.25) is 0 Å². The number of rotatable bonds is 11. The van der Waals surface area contributed by atoms with E-state index in [2.05, 4.69) is 20.5 Å². The zero-order valence-corrected chi connectivity index (χ0v) is 22.5. The summed E-state index contributed by atoms with van der Waals surface area (Å²) in [6, 6.07) is 14.7. The molecule has 1 amide bonds. The molecule has 0 aliphatic rings. The Kier molecular flexibility index (Phi) is 8.78. The first-order valence-corrected chi connectivity index (χ1v) is 12.8. The minimum absolute atomic E-state index is 0.0311. The molecule has 14 heteroatoms. The number of aryl methyl sites for hydroxylation is 1. The summed E-state index contributed by atoms with van der Waals surface area (Å²) in [5.41, 5.74) is 7.14. The highest BCUT2D eigenvalue weighted by Crippen LogP contribution is 2.27. The third-order valence-electron chi connectivity index (χ3n) is 5.82. The van der Waals surface area contributed by atoms with Crippen molar-refractivity contribution in [2.75, 3.05) is 43.8 Å². The van der Waals surface area contributed by atoms with Gasteiger partial charge in [-0.25, -0.2) is 4.79 Å². The van der Waals surface area contributed by atoms with Crippen molar-refractivity contribution < 1.29 is 14.3 Å². The molecule has 2 heterocycles. The molecule has 0 fully saturated rings. The van der Waals surface area contributed by atoms with Crippen LogP contribution in [0.5, 0.6) is 5.75 Å². The quantitative estimate of drug-likeness (QED) is 0.259. The highest BCUT2D eigenvalue weighted by atomic mass is 32.2. The average Bonchev–Trinajstić information content (AvgIpc) is 3.40. The zero-order chi connectivity index (χ0) is 27.9. The summed E-state index contributed by atoms with van der Waals surface area (Å²) in [7, 11) is 3.02. The van der Waals surface area contributed by atoms with Gasteiger partial charge in [-0.3, -0.25) is 19.1 Å². The van der Waals surface area contributed by atoms with Crippen LogP contribution in [0, 0.1) is 6.92 Å². The number of aromatic amines is 1. The number of nitrogen functional groups attached to an aromatic ring is 1. The molecule has 0 bridgehead atoms. The lowest BCUT2D eigenvalue weighted by atomic mass is 10.2. The van der Waals surface area contributed by atoms with Crippen molar-refractivity contribution in [2.45, 2.75) is 18.6 Å². The molecule has 0 aliphatic carbocycles. The molecule has 0 aliphatic heterocycles. The Morgan fingerprint density at radius 3 is 2.64 bits per heavy atom. The first-order valence-electron chi connectivity index (χ1n) is 11.9. The van der Waals surface area contributed by atoms with Crippen LogP contribution in [-0.2, 0) is 16.1 Å². The average molecular weight is 553 g/mol. The van der Waals surface area contributed by atoms with Gasteiger partial charge in [-0.1, -0.05) is 48.2 Å². The van der Waals surface area contributed by atoms with E-state index < -0.39 is 17.2 Å². The number of hydrogen-bond donors (Lipinski definition) is 2. The number of benzene rings is 2. The van der Waals surface area contributed by atoms with E-state index in [4.69, 9.17) is 15.2 Å². The number of tetrazole rings is 1. The van der Waals surface area contributed by atoms with E-state index in [1.807, 2.05) is 49.4 Å². The van der Waals surface area contributed by atoms with E-state index in [1.165, 1.54) is 21.3 Å². The van der Waals surface area contributed by atoms with Crippen LogP contribution in [0.3, 0.4) is 0 Å². The van der Waals surface area contributed by atoms with Gasteiger partial charge in [0.25, 0.3) is 5.56 Å². The number of carbonyl (C=O) groups is 1. The van der Waals surface area contributed by atoms with E-state index in [0.717, 1.165) is 22.9 Å². The molecule has 2 aromatic heterocycles. The summed E-state index contributed by atoms with van der Waals surface area (Å²) >= 11 is 1.08. The van der Waals surface area contributed by atoms with E-state index in [0.29, 0.717) is 16.6 Å². The van der Waals surface area contributed by atoms with E-state index >= 15 is 0 Å². The van der Waals surface area contributed by atoms with Crippen LogP contribution < -0.4 is 26.6 Å². The fourth-order valence-electron chi connectivity index (χ4n) is 3.89. The van der Waals surface area contributed by atoms with Gasteiger partial charge in [-0.15, -0.1) is 5.10 Å². The second-order valence-electron chi connectivity index (χ2n) is 8.44. The number of aromatic nitrogens is 6. The number of amides is 1. The van der Waals surface area contributed by atoms with Crippen LogP contribution in [0.15, 0.2) is 63.3 Å². The fraction of sp³-hybridized carbons (Fsp3) is 0.280. The number of nitrogens with zero attached hydrogens (tertiary/aromatic N) is 6. The van der Waals surface area contributed by atoms with Gasteiger partial charge in [-0.2, -0.15) is 4.68 Å². The van der Waals surface area contributed by atoms with Gasteiger partial charge in [0, 0.05) is 13.7 Å². The molecule has 204 valence electrons. The number of nitrogens with two attached hydrogens (primary N) is 1. The minimum Gasteiger partial charge on any atom is -0.494 e. The van der Waals surface area contributed by atoms with Crippen molar-refractivity contribution in [1.82, 2.24) is 29.8 Å². The molecule has 39 heavy (non-hydrogen) atoms. The smallest absolute Gasteiger partial charge is 0.330 e. The molecule has 0 spiro atoms. The van der Waals surface area contributed by atoms with E-state index in [9.17, 15) is 14.4 Å². The molecule has 0 unspecified atom stereocenters. The Hall–Kier alpha value is -4.43. The molecule has 0 saturated carbocycles. The Labute approximate surface area is 227 Å². The van der Waals surface area contributed by atoms with Crippen molar-refractivity contribution in [2.24, 2.45) is 0 Å². The van der Waals surface area contributed by atoms with E-state index in [1.54, 1.807) is 13.2 Å². The monoisotopic (exact) mass is 552 g/mol. The second kappa shape index (κ2) is 12.4. The summed E-state index contributed by atoms with van der Waals surface area (Å²) in [4.78, 5) is 42.5. The van der Waals surface area contributed by atoms with Crippen molar-refractivity contribution in [3.05, 3.63) is 80.5 Å². The molecule has 0 atom stereocenters. The number of H-pyrrole nitrogens is 1. The van der Waals surface area contributed by atoms with Gasteiger partial charge >= 0.3 is 5.69 Å². The lowest BCUT2D eigenvalue weighted by molar-refractivity contribution is -0.116. The first-order chi connectivity index (χ1) is 18.8. The summed E-state index contributed by atoms with van der Waals surface area (Å²) in [6.07, 6.45) is 0. The number of hydrogen-bond acceptors (Lipinski definition) is 10. The summed E-state index contributed by atoms with van der Waals surface area (Å²) in [5, 5.41) is 12.2. The van der Waals surface area contributed by atoms with Crippen LogP contribution >= 0.6 is 11.8 Å². The van der Waals surface area contributed by atoms with Gasteiger partial charge < -0.3 is 20.1 Å². The Morgan fingerprint density at radius 2 is 1.92 bits per heavy atom. The Morgan fingerprint density at radius 1 is 1.15 bits per heavy atom. The molecule has 3 N–H and O–H groups in total. The van der Waals surface area contributed by atoms with Crippen molar-refractivity contribution in [3.8, 4) is 11.4 Å². The van der Waals surface area contributed by atoms with Crippen molar-refractivity contribution >= 4 is 29.2 Å². The Balaban J connectivity index is 1.63. The molecule has 0 radical (unpaired) electrons. The summed E-state index contributed by atoms with van der Waals surface area (Å²) < 4.78 is 13.3. The fourth-order valence-corrected chi connectivity index (χ4v) is 4.65. The third kappa shape index (κ3) is 6.18. The number of nitrogens with one attached hydrogen (secondary N) is 1. The molecule has 4 aromatic rings. The van der Waals surface area contributed by atoms with Gasteiger partial charge in [0.2, 0.25) is 11.1 Å². The highest BCUT2D eigenvalue weighted by molar-refractivity contribution is 7.99. The van der Waals surface area contributed by atoms with Gasteiger partial charge in [0.1, 0.15) is 17.3 Å². The van der Waals surface area contributed by atoms with Crippen molar-refractivity contribution in [3.63, 3.8) is 0 Å². The summed E-state index contributed by atoms with van der Waals surface area (Å²) in [5.74, 6) is -0.154. The predicted octanol–water partition coefficient (Wildman–Crippen LogP) is 1.23. The standard InChI is InChI=1S/C25H28N8O5S/c1-16-9-10-19(38-3)18(13-16)33-25(28-29-30-33)39-15-20(34)31(11-12-37-2)21-22(26)32(24(36)27-23(21)35)14-17-7-5-4-6-8-17/h4-10,13H,11-12,14-15,26H2,1-3H3,(H,27,35,36). The molecule has 0 saturated heterocycles. The topological polar surface area (TPSA) is 163 Å². The van der Waals surface area contributed by atoms with Gasteiger partial charge in [-0.05, 0) is 40.6 Å². The number of ether oxygens (including phenoxy) is 2. The molecule has 13 nitrogen and oxygen atoms in total. The maximum absolute atomic E-state index is 13.5. The SMILES string of the molecule is COCCN(C(=O)CSc1nnnn1-c1cc(C)ccc1OC)c1c(N)n(Cc2ccccc2)c(=O)[nH]c1=O. The van der Waals surface area contributed by atoms with Crippen LogP contribution in [-0.4, -0.2) is 68.8 Å². The number of thioether (sulfide) groups is 1. The molecule has 2 aromatic carbocycles. The van der Waals surface area contributed by atoms with Crippen LogP contribution in [0.1, 0.15) is 11.1 Å². The molecular formula is C25H28N8O5S. The number of methoxy groups -OCH3 is 2. The third-order valence-corrected chi connectivity index (χ3v) is 6.72. The lowest BCUT2D eigenvalue weighted by Gasteiger charge is -2.24. The normalized spacial score (nSPS) is 10.9. The van der Waals surface area contributed by atoms with E-state index in [-0.39, 0.29) is 37.0 Å². The number of anilines is 2. The molecule has 4 rings (SSSR count). The van der Waals surface area contributed by atoms with Crippen molar-refractivity contribution in [1.29, 1.82) is 0 Å². The highest BCUT2D eigenvalue weighted by Gasteiger charge is 2.25. The van der Waals surface area contributed by atoms with Crippen LogP contribution in [0.25, 0.3) is 5.69 Å². The number of carbonyl (C=O) groups excluding carboxylic acids is 1.